The van der Waals surface area contributed by atoms with Gasteiger partial charge in [-0.3, -0.25) is 4.79 Å². The van der Waals surface area contributed by atoms with Crippen LogP contribution in [0.3, 0.4) is 0 Å². The van der Waals surface area contributed by atoms with Crippen LogP contribution < -0.4 is 5.32 Å². The predicted octanol–water partition coefficient (Wildman–Crippen LogP) is 3.13. The van der Waals surface area contributed by atoms with Crippen molar-refractivity contribution in [1.29, 1.82) is 0 Å². The fraction of sp³-hybridized carbons (Fsp3) is 0.0625. The molecule has 1 heterocycles. The minimum Gasteiger partial charge on any atom is -0.347 e. The minimum atomic E-state index is -0.703. The fourth-order valence-corrected chi connectivity index (χ4v) is 2.28. The maximum absolute atomic E-state index is 13.1. The van der Waals surface area contributed by atoms with Gasteiger partial charge < -0.3 is 5.32 Å². The Morgan fingerprint density at radius 2 is 1.92 bits per heavy atom. The monoisotopic (exact) mass is 348 g/mol. The average Bonchev–Trinajstić information content (AvgIpc) is 3.02. The van der Waals surface area contributed by atoms with E-state index in [2.05, 4.69) is 15.6 Å². The topological polar surface area (TPSA) is 59.8 Å². The Kier molecular flexibility index (Phi) is 4.52. The number of nitrogens with one attached hydrogen (secondary N) is 1. The Labute approximate surface area is 140 Å². The number of benzene rings is 2. The van der Waals surface area contributed by atoms with Gasteiger partial charge in [0.1, 0.15) is 11.6 Å². The number of aromatic nitrogens is 3. The molecule has 0 unspecified atom stereocenters. The van der Waals surface area contributed by atoms with Crippen molar-refractivity contribution < 1.29 is 13.6 Å². The van der Waals surface area contributed by atoms with Crippen molar-refractivity contribution >= 4 is 17.5 Å². The standard InChI is InChI=1S/C16H11ClF2N4O/c17-11-2-1-3-14(6-11)23-9-15(21-22-23)16(24)20-8-10-4-12(18)7-13(19)5-10/h1-7,9H,8H2,(H,20,24). The summed E-state index contributed by atoms with van der Waals surface area (Å²) in [6.07, 6.45) is 1.44. The van der Waals surface area contributed by atoms with E-state index in [1.165, 1.54) is 10.9 Å². The summed E-state index contributed by atoms with van der Waals surface area (Å²) in [5.74, 6) is -1.91. The van der Waals surface area contributed by atoms with Crippen LogP contribution in [-0.4, -0.2) is 20.9 Å². The second kappa shape index (κ2) is 6.76. The van der Waals surface area contributed by atoms with Crippen molar-refractivity contribution in [2.75, 3.05) is 0 Å². The van der Waals surface area contributed by atoms with E-state index in [-0.39, 0.29) is 12.2 Å². The normalized spacial score (nSPS) is 10.6. The molecule has 8 heteroatoms. The molecule has 24 heavy (non-hydrogen) atoms. The maximum atomic E-state index is 13.1. The van der Waals surface area contributed by atoms with Gasteiger partial charge in [-0.25, -0.2) is 13.5 Å². The summed E-state index contributed by atoms with van der Waals surface area (Å²) in [6.45, 7) is -0.0302. The SMILES string of the molecule is O=C(NCc1cc(F)cc(F)c1)c1cn(-c2cccc(Cl)c2)nn1. The van der Waals surface area contributed by atoms with Crippen LogP contribution in [0.1, 0.15) is 16.1 Å². The number of halogens is 3. The Morgan fingerprint density at radius 1 is 1.17 bits per heavy atom. The zero-order valence-corrected chi connectivity index (χ0v) is 13.0. The van der Waals surface area contributed by atoms with Gasteiger partial charge in [-0.15, -0.1) is 5.10 Å². The molecule has 0 aliphatic heterocycles. The lowest BCUT2D eigenvalue weighted by Crippen LogP contribution is -2.23. The number of hydrogen-bond donors (Lipinski definition) is 1. The quantitative estimate of drug-likeness (QED) is 0.788. The van der Waals surface area contributed by atoms with Gasteiger partial charge in [0.2, 0.25) is 0 Å². The molecular weight excluding hydrogens is 338 g/mol. The molecule has 2 aromatic carbocycles. The molecule has 0 atom stereocenters. The molecule has 0 spiro atoms. The molecule has 122 valence electrons. The van der Waals surface area contributed by atoms with E-state index >= 15 is 0 Å². The van der Waals surface area contributed by atoms with E-state index in [0.29, 0.717) is 16.3 Å². The maximum Gasteiger partial charge on any atom is 0.273 e. The van der Waals surface area contributed by atoms with E-state index in [1.807, 2.05) is 0 Å². The molecule has 3 rings (SSSR count). The van der Waals surface area contributed by atoms with Gasteiger partial charge in [-0.2, -0.15) is 0 Å². The van der Waals surface area contributed by atoms with Crippen LogP contribution in [-0.2, 0) is 6.54 Å². The van der Waals surface area contributed by atoms with Crippen molar-refractivity contribution in [3.63, 3.8) is 0 Å². The summed E-state index contributed by atoms with van der Waals surface area (Å²) >= 11 is 5.91. The predicted molar refractivity (Wildman–Crippen MR) is 83.9 cm³/mol. The number of amides is 1. The summed E-state index contributed by atoms with van der Waals surface area (Å²) < 4.78 is 27.6. The third kappa shape index (κ3) is 3.75. The number of carbonyl (C=O) groups excluding carboxylic acids is 1. The van der Waals surface area contributed by atoms with Crippen molar-refractivity contribution in [3.8, 4) is 5.69 Å². The van der Waals surface area contributed by atoms with Crippen molar-refractivity contribution in [1.82, 2.24) is 20.3 Å². The van der Waals surface area contributed by atoms with Gasteiger partial charge in [0, 0.05) is 17.6 Å². The van der Waals surface area contributed by atoms with Crippen LogP contribution in [0.15, 0.2) is 48.7 Å². The van der Waals surface area contributed by atoms with Crippen LogP contribution >= 0.6 is 11.6 Å². The second-order valence-corrected chi connectivity index (χ2v) is 5.43. The highest BCUT2D eigenvalue weighted by Gasteiger charge is 2.12. The summed E-state index contributed by atoms with van der Waals surface area (Å²) in [4.78, 5) is 12.1. The molecule has 5 nitrogen and oxygen atoms in total. The van der Waals surface area contributed by atoms with Crippen LogP contribution in [0.5, 0.6) is 0 Å². The van der Waals surface area contributed by atoms with Gasteiger partial charge in [0.15, 0.2) is 5.69 Å². The Hall–Kier alpha value is -2.80. The van der Waals surface area contributed by atoms with Gasteiger partial charge in [-0.1, -0.05) is 22.9 Å². The fourth-order valence-electron chi connectivity index (χ4n) is 2.10. The summed E-state index contributed by atoms with van der Waals surface area (Å²) in [5, 5.41) is 10.7. The molecule has 0 aliphatic rings. The highest BCUT2D eigenvalue weighted by atomic mass is 35.5. The van der Waals surface area contributed by atoms with Crippen LogP contribution in [0.25, 0.3) is 5.69 Å². The van der Waals surface area contributed by atoms with Crippen LogP contribution in [0.4, 0.5) is 8.78 Å². The van der Waals surface area contributed by atoms with E-state index < -0.39 is 17.5 Å². The Morgan fingerprint density at radius 3 is 2.62 bits per heavy atom. The van der Waals surface area contributed by atoms with Gasteiger partial charge in [0.25, 0.3) is 5.91 Å². The first-order valence-corrected chi connectivity index (χ1v) is 7.30. The lowest BCUT2D eigenvalue weighted by molar-refractivity contribution is 0.0945. The van der Waals surface area contributed by atoms with Crippen LogP contribution in [0.2, 0.25) is 5.02 Å². The van der Waals surface area contributed by atoms with Gasteiger partial charge in [0.05, 0.1) is 11.9 Å². The van der Waals surface area contributed by atoms with E-state index in [0.717, 1.165) is 18.2 Å². The molecule has 0 fully saturated rings. The molecule has 0 aliphatic carbocycles. The molecule has 1 aromatic heterocycles. The first-order chi connectivity index (χ1) is 11.5. The lowest BCUT2D eigenvalue weighted by Gasteiger charge is -2.04. The van der Waals surface area contributed by atoms with Crippen molar-refractivity contribution in [2.45, 2.75) is 6.54 Å². The largest absolute Gasteiger partial charge is 0.347 e. The number of nitrogens with zero attached hydrogens (tertiary/aromatic N) is 3. The van der Waals surface area contributed by atoms with Crippen molar-refractivity contribution in [3.05, 3.63) is 76.6 Å². The second-order valence-electron chi connectivity index (χ2n) is 4.99. The molecule has 1 N–H and O–H groups in total. The Balaban J connectivity index is 1.70. The van der Waals surface area contributed by atoms with E-state index in [9.17, 15) is 13.6 Å². The molecule has 0 saturated carbocycles. The molecule has 3 aromatic rings. The first-order valence-electron chi connectivity index (χ1n) is 6.93. The average molecular weight is 349 g/mol. The van der Waals surface area contributed by atoms with Crippen LogP contribution in [0, 0.1) is 11.6 Å². The van der Waals surface area contributed by atoms with E-state index in [4.69, 9.17) is 11.6 Å². The lowest BCUT2D eigenvalue weighted by atomic mass is 10.2. The number of carbonyl (C=O) groups is 1. The van der Waals surface area contributed by atoms with Crippen molar-refractivity contribution in [2.24, 2.45) is 0 Å². The molecule has 1 amide bonds. The highest BCUT2D eigenvalue weighted by molar-refractivity contribution is 6.30. The minimum absolute atomic E-state index is 0.0302. The highest BCUT2D eigenvalue weighted by Crippen LogP contribution is 2.14. The van der Waals surface area contributed by atoms with Gasteiger partial charge in [-0.05, 0) is 35.9 Å². The zero-order valence-electron chi connectivity index (χ0n) is 12.2. The van der Waals surface area contributed by atoms with E-state index in [1.54, 1.807) is 24.3 Å². The summed E-state index contributed by atoms with van der Waals surface area (Å²) in [7, 11) is 0. The smallest absolute Gasteiger partial charge is 0.273 e. The van der Waals surface area contributed by atoms with Gasteiger partial charge >= 0.3 is 0 Å². The zero-order chi connectivity index (χ0) is 17.1. The summed E-state index contributed by atoms with van der Waals surface area (Å²) in [6, 6.07) is 9.96. The third-order valence-electron chi connectivity index (χ3n) is 3.17. The number of rotatable bonds is 4. The Bertz CT molecular complexity index is 877. The molecular formula is C16H11ClF2N4O. The summed E-state index contributed by atoms with van der Waals surface area (Å²) in [5.41, 5.74) is 1.04. The molecule has 0 bridgehead atoms. The first kappa shape index (κ1) is 16.1. The molecule has 0 radical (unpaired) electrons. The molecule has 0 saturated heterocycles. The third-order valence-corrected chi connectivity index (χ3v) is 3.41. The number of hydrogen-bond acceptors (Lipinski definition) is 3.